The maximum atomic E-state index is 13.1. The zero-order valence-electron chi connectivity index (χ0n) is 13.4. The van der Waals surface area contributed by atoms with Crippen molar-refractivity contribution in [2.24, 2.45) is 0 Å². The van der Waals surface area contributed by atoms with E-state index in [-0.39, 0.29) is 6.54 Å². The van der Waals surface area contributed by atoms with Gasteiger partial charge in [0.2, 0.25) is 5.91 Å². The standard InChI is InChI=1S/C14H16ClF4N5O/c1-3-23-6-8(5-21-23)4-20-14(25)7(2)24-11(13(18)19)9(15)10(22-24)12(16)17/h5-7,12-13H,3-4H2,1-2H3,(H,20,25). The number of aromatic nitrogens is 4. The predicted octanol–water partition coefficient (Wildman–Crippen LogP) is 3.51. The van der Waals surface area contributed by atoms with Gasteiger partial charge >= 0.3 is 0 Å². The minimum Gasteiger partial charge on any atom is -0.350 e. The first-order valence-corrected chi connectivity index (χ1v) is 7.77. The Kier molecular flexibility index (Phi) is 6.04. The van der Waals surface area contributed by atoms with E-state index in [4.69, 9.17) is 11.6 Å². The molecule has 0 bridgehead atoms. The third-order valence-corrected chi connectivity index (χ3v) is 3.94. The molecular weight excluding hydrogens is 366 g/mol. The van der Waals surface area contributed by atoms with E-state index in [1.54, 1.807) is 17.1 Å². The molecule has 6 nitrogen and oxygen atoms in total. The van der Waals surface area contributed by atoms with E-state index in [0.29, 0.717) is 16.8 Å². The fourth-order valence-electron chi connectivity index (χ4n) is 2.19. The van der Waals surface area contributed by atoms with Crippen molar-refractivity contribution in [2.45, 2.75) is 45.8 Å². The highest BCUT2D eigenvalue weighted by Gasteiger charge is 2.31. The van der Waals surface area contributed by atoms with Crippen LogP contribution in [0.15, 0.2) is 12.4 Å². The van der Waals surface area contributed by atoms with Gasteiger partial charge in [-0.1, -0.05) is 11.6 Å². The van der Waals surface area contributed by atoms with Crippen molar-refractivity contribution < 1.29 is 22.4 Å². The van der Waals surface area contributed by atoms with E-state index in [9.17, 15) is 22.4 Å². The van der Waals surface area contributed by atoms with Gasteiger partial charge in [0.1, 0.15) is 17.4 Å². The van der Waals surface area contributed by atoms with Crippen molar-refractivity contribution >= 4 is 17.5 Å². The minimum atomic E-state index is -3.15. The third-order valence-electron chi connectivity index (χ3n) is 3.55. The van der Waals surface area contributed by atoms with Gasteiger partial charge in [0.05, 0.1) is 11.2 Å². The van der Waals surface area contributed by atoms with Crippen LogP contribution in [0.2, 0.25) is 5.02 Å². The summed E-state index contributed by atoms with van der Waals surface area (Å²) in [7, 11) is 0. The van der Waals surface area contributed by atoms with Crippen LogP contribution in [0.4, 0.5) is 17.6 Å². The highest BCUT2D eigenvalue weighted by molar-refractivity contribution is 6.32. The maximum absolute atomic E-state index is 13.1. The molecule has 0 radical (unpaired) electrons. The van der Waals surface area contributed by atoms with Gasteiger partial charge < -0.3 is 5.32 Å². The summed E-state index contributed by atoms with van der Waals surface area (Å²) in [6, 6.07) is -1.24. The summed E-state index contributed by atoms with van der Waals surface area (Å²) in [5.41, 5.74) is -1.16. The largest absolute Gasteiger partial charge is 0.350 e. The van der Waals surface area contributed by atoms with Crippen LogP contribution in [0.25, 0.3) is 0 Å². The summed E-state index contributed by atoms with van der Waals surface area (Å²) in [6.07, 6.45) is -3.00. The van der Waals surface area contributed by atoms with E-state index in [2.05, 4.69) is 15.5 Å². The molecule has 0 aliphatic heterocycles. The molecule has 0 aliphatic carbocycles. The highest BCUT2D eigenvalue weighted by Crippen LogP contribution is 2.36. The van der Waals surface area contributed by atoms with Gasteiger partial charge in [0.15, 0.2) is 0 Å². The Morgan fingerprint density at radius 2 is 2.00 bits per heavy atom. The monoisotopic (exact) mass is 381 g/mol. The summed E-state index contributed by atoms with van der Waals surface area (Å²) < 4.78 is 54.2. The van der Waals surface area contributed by atoms with Gasteiger partial charge in [-0.15, -0.1) is 0 Å². The Bertz CT molecular complexity index is 746. The lowest BCUT2D eigenvalue weighted by molar-refractivity contribution is -0.124. The molecule has 1 unspecified atom stereocenters. The molecular formula is C14H16ClF4N5O. The Balaban J connectivity index is 2.16. The number of aryl methyl sites for hydroxylation is 1. The molecule has 2 aromatic rings. The number of alkyl halides is 4. The second kappa shape index (κ2) is 7.85. The topological polar surface area (TPSA) is 64.7 Å². The number of amides is 1. The number of hydrogen-bond acceptors (Lipinski definition) is 3. The lowest BCUT2D eigenvalue weighted by Crippen LogP contribution is -2.32. The van der Waals surface area contributed by atoms with Crippen molar-refractivity contribution in [3.8, 4) is 0 Å². The Labute approximate surface area is 145 Å². The Morgan fingerprint density at radius 1 is 1.32 bits per heavy atom. The molecule has 0 spiro atoms. The number of nitrogens with zero attached hydrogens (tertiary/aromatic N) is 4. The van der Waals surface area contributed by atoms with Crippen molar-refractivity contribution in [3.05, 3.63) is 34.4 Å². The van der Waals surface area contributed by atoms with Crippen LogP contribution in [0.3, 0.4) is 0 Å². The Hall–Kier alpha value is -2.10. The zero-order valence-corrected chi connectivity index (χ0v) is 14.1. The third kappa shape index (κ3) is 4.12. The SMILES string of the molecule is CCn1cc(CNC(=O)C(C)n2nc(C(F)F)c(Cl)c2C(F)F)cn1. The van der Waals surface area contributed by atoms with Crippen LogP contribution >= 0.6 is 11.6 Å². The van der Waals surface area contributed by atoms with Crippen molar-refractivity contribution in [2.75, 3.05) is 0 Å². The Morgan fingerprint density at radius 3 is 2.52 bits per heavy atom. The smallest absolute Gasteiger partial charge is 0.283 e. The number of rotatable bonds is 7. The molecule has 11 heteroatoms. The number of carbonyl (C=O) groups excluding carboxylic acids is 1. The summed E-state index contributed by atoms with van der Waals surface area (Å²) in [5.74, 6) is -0.661. The minimum absolute atomic E-state index is 0.115. The number of carbonyl (C=O) groups is 1. The van der Waals surface area contributed by atoms with Crippen LogP contribution in [-0.2, 0) is 17.9 Å². The predicted molar refractivity (Wildman–Crippen MR) is 81.6 cm³/mol. The van der Waals surface area contributed by atoms with E-state index in [1.165, 1.54) is 6.92 Å². The molecule has 0 aliphatic rings. The fraction of sp³-hybridized carbons (Fsp3) is 0.500. The van der Waals surface area contributed by atoms with Gasteiger partial charge in [-0.3, -0.25) is 9.48 Å². The first-order chi connectivity index (χ1) is 11.8. The van der Waals surface area contributed by atoms with Gasteiger partial charge in [-0.05, 0) is 13.8 Å². The van der Waals surface area contributed by atoms with Crippen LogP contribution < -0.4 is 5.32 Å². The summed E-state index contributed by atoms with van der Waals surface area (Å²) in [5, 5.41) is 9.14. The van der Waals surface area contributed by atoms with Gasteiger partial charge in [0, 0.05) is 24.8 Å². The van der Waals surface area contributed by atoms with Crippen LogP contribution in [-0.4, -0.2) is 25.5 Å². The molecule has 0 fully saturated rings. The molecule has 1 atom stereocenters. The zero-order chi connectivity index (χ0) is 18.7. The second-order valence-electron chi connectivity index (χ2n) is 5.23. The lowest BCUT2D eigenvalue weighted by Gasteiger charge is -2.15. The molecule has 25 heavy (non-hydrogen) atoms. The first-order valence-electron chi connectivity index (χ1n) is 7.39. The molecule has 2 aromatic heterocycles. The fourth-order valence-corrected chi connectivity index (χ4v) is 2.48. The highest BCUT2D eigenvalue weighted by atomic mass is 35.5. The number of halogens is 5. The average molecular weight is 382 g/mol. The van der Waals surface area contributed by atoms with Crippen LogP contribution in [0.5, 0.6) is 0 Å². The molecule has 0 aromatic carbocycles. The number of hydrogen-bond donors (Lipinski definition) is 1. The number of nitrogens with one attached hydrogen (secondary N) is 1. The van der Waals surface area contributed by atoms with Gasteiger partial charge in [-0.2, -0.15) is 10.2 Å². The van der Waals surface area contributed by atoms with E-state index in [1.807, 2.05) is 6.92 Å². The summed E-state index contributed by atoms with van der Waals surface area (Å²) >= 11 is 5.57. The average Bonchev–Trinajstić information content (AvgIpc) is 3.15. The first kappa shape index (κ1) is 19.2. The quantitative estimate of drug-likeness (QED) is 0.746. The lowest BCUT2D eigenvalue weighted by atomic mass is 10.2. The van der Waals surface area contributed by atoms with Crippen molar-refractivity contribution in [1.82, 2.24) is 24.9 Å². The van der Waals surface area contributed by atoms with E-state index < -0.39 is 41.2 Å². The van der Waals surface area contributed by atoms with E-state index >= 15 is 0 Å². The molecule has 138 valence electrons. The second-order valence-corrected chi connectivity index (χ2v) is 5.61. The summed E-state index contributed by atoms with van der Waals surface area (Å²) in [4.78, 5) is 12.2. The molecule has 1 amide bonds. The van der Waals surface area contributed by atoms with Crippen molar-refractivity contribution in [1.29, 1.82) is 0 Å². The van der Waals surface area contributed by atoms with Crippen LogP contribution in [0.1, 0.15) is 49.7 Å². The molecule has 2 rings (SSSR count). The van der Waals surface area contributed by atoms with Crippen LogP contribution in [0, 0.1) is 0 Å². The molecule has 2 heterocycles. The van der Waals surface area contributed by atoms with E-state index in [0.717, 1.165) is 0 Å². The maximum Gasteiger partial charge on any atom is 0.283 e. The molecule has 0 saturated heterocycles. The summed E-state index contributed by atoms with van der Waals surface area (Å²) in [6.45, 7) is 3.94. The van der Waals surface area contributed by atoms with Crippen molar-refractivity contribution in [3.63, 3.8) is 0 Å². The normalized spacial score (nSPS) is 12.8. The van der Waals surface area contributed by atoms with Gasteiger partial charge in [0.25, 0.3) is 12.9 Å². The molecule has 1 N–H and O–H groups in total. The van der Waals surface area contributed by atoms with Gasteiger partial charge in [-0.25, -0.2) is 22.2 Å². The molecule has 0 saturated carbocycles.